The zero-order valence-electron chi connectivity index (χ0n) is 12.0. The van der Waals surface area contributed by atoms with Crippen molar-refractivity contribution in [3.63, 3.8) is 0 Å². The lowest BCUT2D eigenvalue weighted by atomic mass is 9.83. The SMILES string of the molecule is CC1(C(=O)N2CC3CCCC3C2C(=O)O)CCCC1N. The van der Waals surface area contributed by atoms with E-state index in [1.54, 1.807) is 4.90 Å². The minimum absolute atomic E-state index is 0.0238. The van der Waals surface area contributed by atoms with Crippen LogP contribution in [0.5, 0.6) is 0 Å². The van der Waals surface area contributed by atoms with Gasteiger partial charge in [0.1, 0.15) is 6.04 Å². The van der Waals surface area contributed by atoms with Crippen molar-refractivity contribution >= 4 is 11.9 Å². The van der Waals surface area contributed by atoms with Gasteiger partial charge in [-0.2, -0.15) is 0 Å². The number of carboxylic acids is 1. The number of rotatable bonds is 2. The smallest absolute Gasteiger partial charge is 0.326 e. The van der Waals surface area contributed by atoms with Crippen LogP contribution in [0.15, 0.2) is 0 Å². The number of hydrogen-bond acceptors (Lipinski definition) is 3. The molecule has 0 radical (unpaired) electrons. The van der Waals surface area contributed by atoms with Gasteiger partial charge in [-0.3, -0.25) is 4.79 Å². The predicted molar refractivity (Wildman–Crippen MR) is 73.9 cm³/mol. The summed E-state index contributed by atoms with van der Waals surface area (Å²) < 4.78 is 0. The summed E-state index contributed by atoms with van der Waals surface area (Å²) in [6.07, 6.45) is 5.70. The van der Waals surface area contributed by atoms with Crippen LogP contribution >= 0.6 is 0 Å². The number of nitrogens with zero attached hydrogens (tertiary/aromatic N) is 1. The lowest BCUT2D eigenvalue weighted by Gasteiger charge is -2.35. The van der Waals surface area contributed by atoms with E-state index in [4.69, 9.17) is 5.73 Å². The van der Waals surface area contributed by atoms with Gasteiger partial charge in [0, 0.05) is 12.6 Å². The minimum Gasteiger partial charge on any atom is -0.480 e. The number of carbonyl (C=O) groups is 2. The zero-order chi connectivity index (χ0) is 14.5. The Balaban J connectivity index is 1.85. The van der Waals surface area contributed by atoms with E-state index in [1.807, 2.05) is 6.92 Å². The van der Waals surface area contributed by atoms with Gasteiger partial charge in [0.05, 0.1) is 5.41 Å². The van der Waals surface area contributed by atoms with Gasteiger partial charge in [-0.1, -0.05) is 12.8 Å². The number of fused-ring (bicyclic) bond motifs is 1. The summed E-state index contributed by atoms with van der Waals surface area (Å²) in [6.45, 7) is 2.53. The van der Waals surface area contributed by atoms with Crippen molar-refractivity contribution in [2.75, 3.05) is 6.54 Å². The van der Waals surface area contributed by atoms with Crippen molar-refractivity contribution in [1.82, 2.24) is 4.90 Å². The van der Waals surface area contributed by atoms with Crippen LogP contribution in [0, 0.1) is 17.3 Å². The normalized spacial score (nSPS) is 43.8. The average molecular weight is 280 g/mol. The van der Waals surface area contributed by atoms with Crippen molar-refractivity contribution < 1.29 is 14.7 Å². The molecule has 3 fully saturated rings. The quantitative estimate of drug-likeness (QED) is 0.796. The predicted octanol–water partition coefficient (Wildman–Crippen LogP) is 1.22. The second-order valence-electron chi connectivity index (χ2n) is 7.01. The standard InChI is InChI=1S/C15H24N2O3/c1-15(7-3-6-11(15)16)14(20)17-8-9-4-2-5-10(9)12(17)13(18)19/h9-12H,2-8,16H2,1H3,(H,18,19). The molecule has 3 N–H and O–H groups in total. The molecule has 5 atom stereocenters. The molecule has 1 heterocycles. The Kier molecular flexibility index (Phi) is 3.27. The van der Waals surface area contributed by atoms with E-state index in [-0.39, 0.29) is 17.9 Å². The zero-order valence-corrected chi connectivity index (χ0v) is 12.0. The third kappa shape index (κ3) is 1.86. The topological polar surface area (TPSA) is 83.6 Å². The first-order chi connectivity index (χ1) is 9.45. The maximum absolute atomic E-state index is 12.9. The lowest BCUT2D eigenvalue weighted by Crippen LogP contribution is -2.53. The molecule has 0 spiro atoms. The molecule has 1 saturated heterocycles. The summed E-state index contributed by atoms with van der Waals surface area (Å²) in [5.41, 5.74) is 5.56. The Morgan fingerprint density at radius 2 is 2.00 bits per heavy atom. The largest absolute Gasteiger partial charge is 0.480 e. The van der Waals surface area contributed by atoms with Gasteiger partial charge in [-0.25, -0.2) is 4.79 Å². The summed E-state index contributed by atoms with van der Waals surface area (Å²) in [7, 11) is 0. The summed E-state index contributed by atoms with van der Waals surface area (Å²) >= 11 is 0. The molecule has 0 aromatic carbocycles. The highest BCUT2D eigenvalue weighted by Gasteiger charge is 2.54. The lowest BCUT2D eigenvalue weighted by molar-refractivity contribution is -0.154. The van der Waals surface area contributed by atoms with Gasteiger partial charge in [0.25, 0.3) is 0 Å². The molecule has 0 aromatic rings. The molecule has 3 rings (SSSR count). The molecule has 1 amide bonds. The minimum atomic E-state index is -0.845. The summed E-state index contributed by atoms with van der Waals surface area (Å²) in [5.74, 6) is -0.342. The Labute approximate surface area is 119 Å². The Morgan fingerprint density at radius 1 is 1.25 bits per heavy atom. The van der Waals surface area contributed by atoms with Crippen LogP contribution in [-0.2, 0) is 9.59 Å². The van der Waals surface area contributed by atoms with Crippen molar-refractivity contribution in [1.29, 1.82) is 0 Å². The van der Waals surface area contributed by atoms with E-state index in [9.17, 15) is 14.7 Å². The van der Waals surface area contributed by atoms with Gasteiger partial charge in [0.2, 0.25) is 5.91 Å². The van der Waals surface area contributed by atoms with Gasteiger partial charge >= 0.3 is 5.97 Å². The molecule has 2 aliphatic carbocycles. The van der Waals surface area contributed by atoms with Crippen molar-refractivity contribution in [3.8, 4) is 0 Å². The fourth-order valence-electron chi connectivity index (χ4n) is 4.62. The molecule has 5 unspecified atom stereocenters. The number of carbonyl (C=O) groups excluding carboxylic acids is 1. The number of carboxylic acid groups (broad SMARTS) is 1. The first-order valence-electron chi connectivity index (χ1n) is 7.74. The molecule has 2 saturated carbocycles. The fraction of sp³-hybridized carbons (Fsp3) is 0.867. The molecule has 20 heavy (non-hydrogen) atoms. The number of aliphatic carboxylic acids is 1. The van der Waals surface area contributed by atoms with E-state index in [0.29, 0.717) is 12.5 Å². The molecule has 5 nitrogen and oxygen atoms in total. The Bertz CT molecular complexity index is 439. The summed E-state index contributed by atoms with van der Waals surface area (Å²) in [5, 5.41) is 9.55. The first-order valence-corrected chi connectivity index (χ1v) is 7.74. The molecule has 5 heteroatoms. The number of hydrogen-bond donors (Lipinski definition) is 2. The van der Waals surface area contributed by atoms with Crippen LogP contribution in [0.2, 0.25) is 0 Å². The first kappa shape index (κ1) is 13.9. The van der Waals surface area contributed by atoms with Crippen molar-refractivity contribution in [2.24, 2.45) is 23.0 Å². The van der Waals surface area contributed by atoms with E-state index >= 15 is 0 Å². The van der Waals surface area contributed by atoms with E-state index in [2.05, 4.69) is 0 Å². The van der Waals surface area contributed by atoms with Crippen LogP contribution in [0.4, 0.5) is 0 Å². The number of likely N-dealkylation sites (tertiary alicyclic amines) is 1. The average Bonchev–Trinajstić information content (AvgIpc) is 3.03. The van der Waals surface area contributed by atoms with E-state index in [0.717, 1.165) is 38.5 Å². The molecule has 0 bridgehead atoms. The third-order valence-corrected chi connectivity index (χ3v) is 5.92. The molecular formula is C15H24N2O3. The van der Waals surface area contributed by atoms with E-state index < -0.39 is 17.4 Å². The highest BCUT2D eigenvalue weighted by atomic mass is 16.4. The number of nitrogens with two attached hydrogens (primary N) is 1. The monoisotopic (exact) mass is 280 g/mol. The Hall–Kier alpha value is -1.10. The Morgan fingerprint density at radius 3 is 2.60 bits per heavy atom. The molecular weight excluding hydrogens is 256 g/mol. The van der Waals surface area contributed by atoms with Crippen LogP contribution in [0.1, 0.15) is 45.4 Å². The maximum Gasteiger partial charge on any atom is 0.326 e. The maximum atomic E-state index is 12.9. The van der Waals surface area contributed by atoms with Crippen LogP contribution in [-0.4, -0.2) is 40.5 Å². The highest BCUT2D eigenvalue weighted by Crippen LogP contribution is 2.46. The molecule has 0 aromatic heterocycles. The van der Waals surface area contributed by atoms with Crippen molar-refractivity contribution in [3.05, 3.63) is 0 Å². The summed E-state index contributed by atoms with van der Waals surface area (Å²) in [4.78, 5) is 26.2. The number of amides is 1. The fourth-order valence-corrected chi connectivity index (χ4v) is 4.62. The molecule has 3 aliphatic rings. The van der Waals surface area contributed by atoms with Crippen LogP contribution in [0.3, 0.4) is 0 Å². The highest BCUT2D eigenvalue weighted by molar-refractivity contribution is 5.89. The second-order valence-corrected chi connectivity index (χ2v) is 7.01. The summed E-state index contributed by atoms with van der Waals surface area (Å²) in [6, 6.07) is -0.760. The second kappa shape index (κ2) is 4.72. The third-order valence-electron chi connectivity index (χ3n) is 5.92. The van der Waals surface area contributed by atoms with E-state index in [1.165, 1.54) is 0 Å². The van der Waals surface area contributed by atoms with Crippen molar-refractivity contribution in [2.45, 2.75) is 57.5 Å². The van der Waals surface area contributed by atoms with Crippen LogP contribution in [0.25, 0.3) is 0 Å². The van der Waals surface area contributed by atoms with Gasteiger partial charge < -0.3 is 15.7 Å². The van der Waals surface area contributed by atoms with Gasteiger partial charge in [-0.15, -0.1) is 0 Å². The van der Waals surface area contributed by atoms with Gasteiger partial charge in [0.15, 0.2) is 0 Å². The molecule has 1 aliphatic heterocycles. The van der Waals surface area contributed by atoms with Gasteiger partial charge in [-0.05, 0) is 44.4 Å². The van der Waals surface area contributed by atoms with Crippen LogP contribution < -0.4 is 5.73 Å². The molecule has 112 valence electrons.